The molecule has 2 aliphatic rings. The summed E-state index contributed by atoms with van der Waals surface area (Å²) in [7, 11) is 0. The molecule has 1 aromatic carbocycles. The molecule has 28 heavy (non-hydrogen) atoms. The van der Waals surface area contributed by atoms with E-state index in [1.165, 1.54) is 30.2 Å². The second-order valence-electron chi connectivity index (χ2n) is 6.48. The number of hydrogen-bond acceptors (Lipinski definition) is 6. The van der Waals surface area contributed by atoms with Gasteiger partial charge in [-0.25, -0.2) is 14.2 Å². The Morgan fingerprint density at radius 3 is 2.93 bits per heavy atom. The minimum absolute atomic E-state index is 0.106. The van der Waals surface area contributed by atoms with Crippen LogP contribution in [0.2, 0.25) is 0 Å². The second-order valence-corrected chi connectivity index (χ2v) is 6.48. The molecular weight excluding hydrogens is 367 g/mol. The highest BCUT2D eigenvalue weighted by molar-refractivity contribution is 5.74. The normalized spacial score (nSPS) is 19.8. The third kappa shape index (κ3) is 3.09. The van der Waals surface area contributed by atoms with E-state index in [4.69, 9.17) is 14.7 Å². The Balaban J connectivity index is 1.63. The first-order valence-corrected chi connectivity index (χ1v) is 8.53. The van der Waals surface area contributed by atoms with Gasteiger partial charge in [0.25, 0.3) is 0 Å². The van der Waals surface area contributed by atoms with Gasteiger partial charge in [0.2, 0.25) is 12.1 Å². The van der Waals surface area contributed by atoms with E-state index in [1.54, 1.807) is 12.1 Å². The molecule has 0 unspecified atom stereocenters. The summed E-state index contributed by atoms with van der Waals surface area (Å²) in [6, 6.07) is 7.88. The lowest BCUT2D eigenvalue weighted by atomic mass is 10.0. The highest BCUT2D eigenvalue weighted by atomic mass is 19.1. The molecule has 1 N–H and O–H groups in total. The Bertz CT molecular complexity index is 1000. The van der Waals surface area contributed by atoms with E-state index in [2.05, 4.69) is 10.3 Å². The first kappa shape index (κ1) is 17.7. The quantitative estimate of drug-likeness (QED) is 0.870. The SMILES string of the molecule is CC(=O)NC[C@H]1OC(=O)N2Cc3cc(-c4ccc(C#N)nc4)c(F)cc3O[C@H]12. The zero-order chi connectivity index (χ0) is 19.8. The van der Waals surface area contributed by atoms with Crippen molar-refractivity contribution in [2.75, 3.05) is 6.54 Å². The number of aromatic nitrogens is 1. The summed E-state index contributed by atoms with van der Waals surface area (Å²) in [5.74, 6) is -0.449. The van der Waals surface area contributed by atoms with Crippen molar-refractivity contribution in [1.82, 2.24) is 15.2 Å². The lowest BCUT2D eigenvalue weighted by Crippen LogP contribution is -2.47. The number of halogens is 1. The topological polar surface area (TPSA) is 105 Å². The van der Waals surface area contributed by atoms with Gasteiger partial charge in [-0.15, -0.1) is 0 Å². The van der Waals surface area contributed by atoms with Gasteiger partial charge in [0.1, 0.15) is 23.3 Å². The first-order valence-electron chi connectivity index (χ1n) is 8.53. The van der Waals surface area contributed by atoms with Crippen LogP contribution in [0.15, 0.2) is 30.5 Å². The summed E-state index contributed by atoms with van der Waals surface area (Å²) in [6.07, 6.45) is -0.565. The summed E-state index contributed by atoms with van der Waals surface area (Å²) < 4.78 is 25.8. The molecule has 0 radical (unpaired) electrons. The van der Waals surface area contributed by atoms with E-state index < -0.39 is 24.2 Å². The molecule has 9 heteroatoms. The largest absolute Gasteiger partial charge is 0.466 e. The van der Waals surface area contributed by atoms with E-state index in [0.717, 1.165) is 0 Å². The Morgan fingerprint density at radius 2 is 2.25 bits per heavy atom. The van der Waals surface area contributed by atoms with Crippen LogP contribution in [0.5, 0.6) is 5.75 Å². The van der Waals surface area contributed by atoms with Crippen molar-refractivity contribution in [1.29, 1.82) is 5.26 Å². The van der Waals surface area contributed by atoms with Crippen LogP contribution in [0.4, 0.5) is 9.18 Å². The maximum atomic E-state index is 14.7. The van der Waals surface area contributed by atoms with E-state index in [0.29, 0.717) is 22.4 Å². The lowest BCUT2D eigenvalue weighted by Gasteiger charge is -2.31. The van der Waals surface area contributed by atoms with Crippen molar-refractivity contribution in [3.8, 4) is 22.9 Å². The van der Waals surface area contributed by atoms with Gasteiger partial charge in [0.05, 0.1) is 13.1 Å². The first-order chi connectivity index (χ1) is 13.5. The fraction of sp³-hybridized carbons (Fsp3) is 0.263. The number of cyclic esters (lactones) is 1. The van der Waals surface area contributed by atoms with Crippen molar-refractivity contribution in [3.05, 3.63) is 47.5 Å². The van der Waals surface area contributed by atoms with Crippen LogP contribution in [0.3, 0.4) is 0 Å². The fourth-order valence-corrected chi connectivity index (χ4v) is 3.23. The minimum Gasteiger partial charge on any atom is -0.466 e. The molecule has 2 aliphatic heterocycles. The van der Waals surface area contributed by atoms with Crippen LogP contribution in [0.25, 0.3) is 11.1 Å². The highest BCUT2D eigenvalue weighted by Gasteiger charge is 2.46. The third-order valence-corrected chi connectivity index (χ3v) is 4.59. The molecule has 0 saturated carbocycles. The molecule has 4 rings (SSSR count). The number of hydrogen-bond donors (Lipinski definition) is 1. The number of nitrogens with zero attached hydrogens (tertiary/aromatic N) is 3. The zero-order valence-electron chi connectivity index (χ0n) is 14.8. The molecule has 2 atom stereocenters. The summed E-state index contributed by atoms with van der Waals surface area (Å²) in [5.41, 5.74) is 1.65. The second kappa shape index (κ2) is 6.81. The van der Waals surface area contributed by atoms with Crippen LogP contribution < -0.4 is 10.1 Å². The Morgan fingerprint density at radius 1 is 1.43 bits per heavy atom. The number of nitriles is 1. The van der Waals surface area contributed by atoms with Gasteiger partial charge in [-0.1, -0.05) is 0 Å². The van der Waals surface area contributed by atoms with Crippen LogP contribution in [-0.4, -0.2) is 40.8 Å². The number of carbonyl (C=O) groups excluding carboxylic acids is 2. The molecular formula is C19H15FN4O4. The molecule has 0 aliphatic carbocycles. The van der Waals surface area contributed by atoms with Gasteiger partial charge in [0.15, 0.2) is 6.10 Å². The average molecular weight is 382 g/mol. The van der Waals surface area contributed by atoms with Crippen LogP contribution >= 0.6 is 0 Å². The number of rotatable bonds is 3. The summed E-state index contributed by atoms with van der Waals surface area (Å²) in [5, 5.41) is 11.4. The number of ether oxygens (including phenoxy) is 2. The molecule has 3 heterocycles. The molecule has 1 aromatic heterocycles. The van der Waals surface area contributed by atoms with Gasteiger partial charge in [-0.2, -0.15) is 5.26 Å². The summed E-state index contributed by atoms with van der Waals surface area (Å²) >= 11 is 0. The van der Waals surface area contributed by atoms with Crippen molar-refractivity contribution >= 4 is 12.0 Å². The minimum atomic E-state index is -0.742. The van der Waals surface area contributed by atoms with Crippen LogP contribution in [0.1, 0.15) is 18.2 Å². The molecule has 142 valence electrons. The smallest absolute Gasteiger partial charge is 0.413 e. The summed E-state index contributed by atoms with van der Waals surface area (Å²) in [6.45, 7) is 1.65. The molecule has 0 spiro atoms. The van der Waals surface area contributed by atoms with E-state index in [9.17, 15) is 14.0 Å². The van der Waals surface area contributed by atoms with E-state index in [1.807, 2.05) is 6.07 Å². The van der Waals surface area contributed by atoms with Crippen molar-refractivity contribution in [3.63, 3.8) is 0 Å². The number of nitrogens with one attached hydrogen (secondary N) is 1. The number of pyridine rings is 1. The molecule has 1 fully saturated rings. The standard InChI is InChI=1S/C19H15FN4O4/c1-10(25)22-8-17-18-24(19(26)28-17)9-12-4-14(15(20)5-16(12)27-18)11-2-3-13(6-21)23-7-11/h2-5,7,17-18H,8-9H2,1H3,(H,22,25)/t17-,18-/m1/s1. The van der Waals surface area contributed by atoms with Gasteiger partial charge >= 0.3 is 6.09 Å². The molecule has 2 aromatic rings. The van der Waals surface area contributed by atoms with E-state index in [-0.39, 0.29) is 24.7 Å². The molecule has 1 saturated heterocycles. The van der Waals surface area contributed by atoms with Crippen LogP contribution in [-0.2, 0) is 16.1 Å². The van der Waals surface area contributed by atoms with Gasteiger partial charge in [0, 0.05) is 35.9 Å². The monoisotopic (exact) mass is 382 g/mol. The average Bonchev–Trinajstić information content (AvgIpc) is 2.99. The maximum Gasteiger partial charge on any atom is 0.413 e. The summed E-state index contributed by atoms with van der Waals surface area (Å²) in [4.78, 5) is 28.6. The predicted octanol–water partition coefficient (Wildman–Crippen LogP) is 1.93. The van der Waals surface area contributed by atoms with Gasteiger partial charge in [-0.05, 0) is 18.2 Å². The molecule has 0 bridgehead atoms. The highest BCUT2D eigenvalue weighted by Crippen LogP contribution is 2.37. The maximum absolute atomic E-state index is 14.7. The third-order valence-electron chi connectivity index (χ3n) is 4.59. The van der Waals surface area contributed by atoms with Gasteiger partial charge in [-0.3, -0.25) is 9.69 Å². The lowest BCUT2D eigenvalue weighted by molar-refractivity contribution is -0.119. The Labute approximate surface area is 159 Å². The van der Waals surface area contributed by atoms with Crippen molar-refractivity contribution in [2.45, 2.75) is 25.8 Å². The number of carbonyl (C=O) groups is 2. The van der Waals surface area contributed by atoms with Crippen molar-refractivity contribution < 1.29 is 23.5 Å². The molecule has 2 amide bonds. The Kier molecular flexibility index (Phi) is 4.31. The number of benzene rings is 1. The fourth-order valence-electron chi connectivity index (χ4n) is 3.23. The van der Waals surface area contributed by atoms with Gasteiger partial charge < -0.3 is 14.8 Å². The number of fused-ring (bicyclic) bond motifs is 2. The van der Waals surface area contributed by atoms with Crippen molar-refractivity contribution in [2.24, 2.45) is 0 Å². The van der Waals surface area contributed by atoms with Crippen LogP contribution in [0, 0.1) is 17.1 Å². The zero-order valence-corrected chi connectivity index (χ0v) is 14.8. The number of amides is 2. The predicted molar refractivity (Wildman–Crippen MR) is 93.3 cm³/mol. The van der Waals surface area contributed by atoms with E-state index >= 15 is 0 Å². The Hall–Kier alpha value is -3.67. The molecule has 8 nitrogen and oxygen atoms in total.